The number of aromatic hydroxyl groups is 1. The Kier molecular flexibility index (Phi) is 4.90. The molecule has 0 saturated heterocycles. The molecule has 3 rings (SSSR count). The molecule has 0 radical (unpaired) electrons. The molecule has 1 saturated carbocycles. The SMILES string of the molecule is CCCOc1ccc(C2(c3ccc(O)cc3)CCCCC2)cc1. The van der Waals surface area contributed by atoms with E-state index in [0.29, 0.717) is 5.75 Å². The predicted octanol–water partition coefficient (Wildman–Crippen LogP) is 5.43. The van der Waals surface area contributed by atoms with E-state index in [-0.39, 0.29) is 5.41 Å². The van der Waals surface area contributed by atoms with Crippen molar-refractivity contribution in [3.05, 3.63) is 59.7 Å². The lowest BCUT2D eigenvalue weighted by molar-refractivity contribution is 0.316. The smallest absolute Gasteiger partial charge is 0.119 e. The topological polar surface area (TPSA) is 29.5 Å². The number of phenolic OH excluding ortho intramolecular Hbond substituents is 1. The Labute approximate surface area is 139 Å². The van der Waals surface area contributed by atoms with Gasteiger partial charge in [-0.3, -0.25) is 0 Å². The highest BCUT2D eigenvalue weighted by Crippen LogP contribution is 2.45. The summed E-state index contributed by atoms with van der Waals surface area (Å²) >= 11 is 0. The van der Waals surface area contributed by atoms with Crippen LogP contribution < -0.4 is 4.74 Å². The first-order valence-corrected chi connectivity index (χ1v) is 8.77. The predicted molar refractivity (Wildman–Crippen MR) is 94.2 cm³/mol. The van der Waals surface area contributed by atoms with Crippen LogP contribution in [0.15, 0.2) is 48.5 Å². The van der Waals surface area contributed by atoms with Crippen molar-refractivity contribution in [2.75, 3.05) is 6.61 Å². The quantitative estimate of drug-likeness (QED) is 0.797. The molecule has 0 aromatic heterocycles. The first kappa shape index (κ1) is 15.9. The molecule has 2 nitrogen and oxygen atoms in total. The lowest BCUT2D eigenvalue weighted by atomic mass is 9.65. The number of phenols is 1. The van der Waals surface area contributed by atoms with Crippen molar-refractivity contribution >= 4 is 0 Å². The van der Waals surface area contributed by atoms with Gasteiger partial charge >= 0.3 is 0 Å². The van der Waals surface area contributed by atoms with E-state index in [1.54, 1.807) is 0 Å². The van der Waals surface area contributed by atoms with Gasteiger partial charge in [-0.15, -0.1) is 0 Å². The van der Waals surface area contributed by atoms with E-state index in [1.807, 2.05) is 12.1 Å². The van der Waals surface area contributed by atoms with Crippen molar-refractivity contribution in [1.82, 2.24) is 0 Å². The summed E-state index contributed by atoms with van der Waals surface area (Å²) in [5.74, 6) is 1.29. The summed E-state index contributed by atoms with van der Waals surface area (Å²) in [4.78, 5) is 0. The second-order valence-corrected chi connectivity index (χ2v) is 6.56. The van der Waals surface area contributed by atoms with E-state index in [4.69, 9.17) is 4.74 Å². The maximum atomic E-state index is 9.61. The molecule has 0 aliphatic heterocycles. The molecule has 122 valence electrons. The van der Waals surface area contributed by atoms with Gasteiger partial charge in [0.1, 0.15) is 11.5 Å². The highest BCUT2D eigenvalue weighted by molar-refractivity contribution is 5.43. The van der Waals surface area contributed by atoms with Crippen LogP contribution in [0.2, 0.25) is 0 Å². The first-order chi connectivity index (χ1) is 11.2. The fourth-order valence-corrected chi connectivity index (χ4v) is 3.77. The molecule has 1 aliphatic rings. The summed E-state index contributed by atoms with van der Waals surface area (Å²) in [6.45, 7) is 2.89. The van der Waals surface area contributed by atoms with Crippen molar-refractivity contribution in [2.45, 2.75) is 50.9 Å². The maximum Gasteiger partial charge on any atom is 0.119 e. The number of rotatable bonds is 5. The van der Waals surface area contributed by atoms with Gasteiger partial charge in [0.2, 0.25) is 0 Å². The normalized spacial score (nSPS) is 16.9. The van der Waals surface area contributed by atoms with Gasteiger partial charge in [0.05, 0.1) is 6.61 Å². The van der Waals surface area contributed by atoms with Gasteiger partial charge in [-0.05, 0) is 54.7 Å². The van der Waals surface area contributed by atoms with Crippen LogP contribution in [-0.4, -0.2) is 11.7 Å². The molecule has 0 spiro atoms. The molecule has 0 unspecified atom stereocenters. The van der Waals surface area contributed by atoms with E-state index >= 15 is 0 Å². The molecule has 2 heteroatoms. The third-order valence-corrected chi connectivity index (χ3v) is 5.01. The van der Waals surface area contributed by atoms with Gasteiger partial charge in [-0.25, -0.2) is 0 Å². The van der Waals surface area contributed by atoms with Gasteiger partial charge in [0.15, 0.2) is 0 Å². The van der Waals surface area contributed by atoms with Crippen LogP contribution >= 0.6 is 0 Å². The molecule has 0 bridgehead atoms. The number of hydrogen-bond acceptors (Lipinski definition) is 2. The number of benzene rings is 2. The lowest BCUT2D eigenvalue weighted by Crippen LogP contribution is -2.30. The Morgan fingerprint density at radius 2 is 1.43 bits per heavy atom. The van der Waals surface area contributed by atoms with E-state index in [0.717, 1.165) is 18.8 Å². The Balaban J connectivity index is 1.94. The second kappa shape index (κ2) is 7.08. The molecule has 1 aliphatic carbocycles. The fraction of sp³-hybridized carbons (Fsp3) is 0.429. The molecule has 1 N–H and O–H groups in total. The largest absolute Gasteiger partial charge is 0.508 e. The van der Waals surface area contributed by atoms with Gasteiger partial charge in [0, 0.05) is 5.41 Å². The molecular weight excluding hydrogens is 284 g/mol. The summed E-state index contributed by atoms with van der Waals surface area (Å²) in [7, 11) is 0. The van der Waals surface area contributed by atoms with Crippen LogP contribution in [0.5, 0.6) is 11.5 Å². The summed E-state index contributed by atoms with van der Waals surface area (Å²) < 4.78 is 5.72. The minimum Gasteiger partial charge on any atom is -0.508 e. The van der Waals surface area contributed by atoms with Gasteiger partial charge in [-0.2, -0.15) is 0 Å². The van der Waals surface area contributed by atoms with Crippen LogP contribution in [0.25, 0.3) is 0 Å². The standard InChI is InChI=1S/C21H26O2/c1-2-16-23-20-12-8-18(9-13-20)21(14-4-3-5-15-21)17-6-10-19(22)11-7-17/h6-13,22H,2-5,14-16H2,1H3. The van der Waals surface area contributed by atoms with E-state index in [2.05, 4.69) is 43.3 Å². The van der Waals surface area contributed by atoms with Crippen LogP contribution in [0.1, 0.15) is 56.6 Å². The zero-order valence-corrected chi connectivity index (χ0v) is 13.9. The first-order valence-electron chi connectivity index (χ1n) is 8.77. The van der Waals surface area contributed by atoms with Gasteiger partial charge < -0.3 is 9.84 Å². The third kappa shape index (κ3) is 3.36. The van der Waals surface area contributed by atoms with Crippen molar-refractivity contribution in [3.63, 3.8) is 0 Å². The van der Waals surface area contributed by atoms with E-state index in [1.165, 1.54) is 43.2 Å². The number of ether oxygens (including phenoxy) is 1. The number of hydrogen-bond donors (Lipinski definition) is 1. The molecular formula is C21H26O2. The second-order valence-electron chi connectivity index (χ2n) is 6.56. The summed E-state index contributed by atoms with van der Waals surface area (Å²) in [5.41, 5.74) is 2.76. The lowest BCUT2D eigenvalue weighted by Gasteiger charge is -2.38. The summed E-state index contributed by atoms with van der Waals surface area (Å²) in [6, 6.07) is 16.4. The van der Waals surface area contributed by atoms with Crippen molar-refractivity contribution < 1.29 is 9.84 Å². The van der Waals surface area contributed by atoms with Crippen molar-refractivity contribution in [2.24, 2.45) is 0 Å². The average molecular weight is 310 g/mol. The Hall–Kier alpha value is -1.96. The molecule has 0 heterocycles. The minimum absolute atomic E-state index is 0.0786. The average Bonchev–Trinajstić information content (AvgIpc) is 2.61. The molecule has 0 atom stereocenters. The van der Waals surface area contributed by atoms with Crippen LogP contribution in [0.4, 0.5) is 0 Å². The monoisotopic (exact) mass is 310 g/mol. The Morgan fingerprint density at radius 3 is 2.00 bits per heavy atom. The highest BCUT2D eigenvalue weighted by atomic mass is 16.5. The highest BCUT2D eigenvalue weighted by Gasteiger charge is 2.35. The molecule has 2 aromatic rings. The van der Waals surface area contributed by atoms with Gasteiger partial charge in [-0.1, -0.05) is 50.5 Å². The molecule has 2 aromatic carbocycles. The van der Waals surface area contributed by atoms with Gasteiger partial charge in [0.25, 0.3) is 0 Å². The minimum atomic E-state index is 0.0786. The Morgan fingerprint density at radius 1 is 0.870 bits per heavy atom. The zero-order valence-electron chi connectivity index (χ0n) is 13.9. The Bertz CT molecular complexity index is 607. The van der Waals surface area contributed by atoms with Crippen molar-refractivity contribution in [1.29, 1.82) is 0 Å². The molecule has 1 fully saturated rings. The third-order valence-electron chi connectivity index (χ3n) is 5.01. The summed E-state index contributed by atoms with van der Waals surface area (Å²) in [6.07, 6.45) is 7.21. The van der Waals surface area contributed by atoms with E-state index in [9.17, 15) is 5.11 Å². The molecule has 0 amide bonds. The zero-order chi connectivity index (χ0) is 16.1. The van der Waals surface area contributed by atoms with E-state index < -0.39 is 0 Å². The summed E-state index contributed by atoms with van der Waals surface area (Å²) in [5, 5.41) is 9.61. The van der Waals surface area contributed by atoms with Crippen molar-refractivity contribution in [3.8, 4) is 11.5 Å². The van der Waals surface area contributed by atoms with Crippen LogP contribution in [-0.2, 0) is 5.41 Å². The maximum absolute atomic E-state index is 9.61. The van der Waals surface area contributed by atoms with Crippen LogP contribution in [0.3, 0.4) is 0 Å². The molecule has 23 heavy (non-hydrogen) atoms. The van der Waals surface area contributed by atoms with Crippen LogP contribution in [0, 0.1) is 0 Å². The fourth-order valence-electron chi connectivity index (χ4n) is 3.77.